The van der Waals surface area contributed by atoms with Gasteiger partial charge in [0.25, 0.3) is 0 Å². The van der Waals surface area contributed by atoms with Gasteiger partial charge < -0.3 is 5.11 Å². The van der Waals surface area contributed by atoms with Crippen molar-refractivity contribution in [2.75, 3.05) is 0 Å². The summed E-state index contributed by atoms with van der Waals surface area (Å²) >= 11 is 0. The first-order chi connectivity index (χ1) is 9.77. The maximum atomic E-state index is 11.5. The normalized spacial score (nSPS) is 33.3. The van der Waals surface area contributed by atoms with E-state index in [0.29, 0.717) is 5.92 Å². The molecule has 0 spiro atoms. The van der Waals surface area contributed by atoms with Crippen molar-refractivity contribution in [3.8, 4) is 0 Å². The number of carbonyl (C=O) groups is 1. The van der Waals surface area contributed by atoms with E-state index in [4.69, 9.17) is 0 Å². The quantitative estimate of drug-likeness (QED) is 0.671. The lowest BCUT2D eigenvalue weighted by atomic mass is 9.75. The van der Waals surface area contributed by atoms with Gasteiger partial charge in [0, 0.05) is 0 Å². The summed E-state index contributed by atoms with van der Waals surface area (Å²) in [4.78, 5) is 11.5. The molecule has 3 unspecified atom stereocenters. The number of rotatable bonds is 1. The SMILES string of the molecule is O=C(O)C1CC2C=CC1CCCCCCCCCCC2. The summed E-state index contributed by atoms with van der Waals surface area (Å²) in [7, 11) is 0. The summed E-state index contributed by atoms with van der Waals surface area (Å²) in [5.41, 5.74) is 0. The Morgan fingerprint density at radius 2 is 1.35 bits per heavy atom. The first-order valence-corrected chi connectivity index (χ1v) is 8.68. The smallest absolute Gasteiger partial charge is 0.307 e. The van der Waals surface area contributed by atoms with Crippen LogP contribution < -0.4 is 0 Å². The molecule has 3 rings (SSSR count). The van der Waals surface area contributed by atoms with Gasteiger partial charge in [-0.05, 0) is 31.1 Å². The van der Waals surface area contributed by atoms with Crippen LogP contribution in [0, 0.1) is 17.8 Å². The standard InChI is InChI=1S/C18H30O2/c19-18(20)17-14-15-10-8-6-4-2-1-3-5-7-9-11-16(17)13-12-15/h12-13,15-17H,1-11,14H2,(H,19,20). The zero-order valence-electron chi connectivity index (χ0n) is 12.7. The lowest BCUT2D eigenvalue weighted by Gasteiger charge is -2.29. The highest BCUT2D eigenvalue weighted by atomic mass is 16.4. The van der Waals surface area contributed by atoms with Crippen LogP contribution in [-0.2, 0) is 4.79 Å². The Morgan fingerprint density at radius 3 is 1.95 bits per heavy atom. The van der Waals surface area contributed by atoms with E-state index in [-0.39, 0.29) is 11.8 Å². The van der Waals surface area contributed by atoms with Crippen molar-refractivity contribution in [1.29, 1.82) is 0 Å². The maximum Gasteiger partial charge on any atom is 0.307 e. The lowest BCUT2D eigenvalue weighted by Crippen LogP contribution is -2.28. The zero-order chi connectivity index (χ0) is 14.2. The number of aliphatic carboxylic acids is 1. The van der Waals surface area contributed by atoms with Crippen molar-refractivity contribution < 1.29 is 9.90 Å². The summed E-state index contributed by atoms with van der Waals surface area (Å²) in [6.07, 6.45) is 19.6. The van der Waals surface area contributed by atoms with Gasteiger partial charge in [-0.1, -0.05) is 69.9 Å². The molecule has 3 atom stereocenters. The topological polar surface area (TPSA) is 37.3 Å². The van der Waals surface area contributed by atoms with Crippen LogP contribution in [0.15, 0.2) is 12.2 Å². The summed E-state index contributed by atoms with van der Waals surface area (Å²) in [5, 5.41) is 9.48. The summed E-state index contributed by atoms with van der Waals surface area (Å²) in [6, 6.07) is 0. The van der Waals surface area contributed by atoms with Crippen LogP contribution in [0.1, 0.15) is 77.0 Å². The number of carboxylic acid groups (broad SMARTS) is 1. The number of allylic oxidation sites excluding steroid dienone is 2. The van der Waals surface area contributed by atoms with Gasteiger partial charge in [0.05, 0.1) is 5.92 Å². The average molecular weight is 278 g/mol. The first kappa shape index (κ1) is 15.6. The third-order valence-electron chi connectivity index (χ3n) is 5.13. The number of carboxylic acids is 1. The Labute approximate surface area is 123 Å². The molecule has 1 fully saturated rings. The monoisotopic (exact) mass is 278 g/mol. The van der Waals surface area contributed by atoms with E-state index < -0.39 is 5.97 Å². The molecule has 0 aromatic carbocycles. The minimum atomic E-state index is -0.575. The Kier molecular flexibility index (Phi) is 6.62. The van der Waals surface area contributed by atoms with E-state index in [1.807, 2.05) is 0 Å². The molecule has 0 radical (unpaired) electrons. The number of hydrogen-bond donors (Lipinski definition) is 1. The molecule has 2 bridgehead atoms. The van der Waals surface area contributed by atoms with Crippen molar-refractivity contribution in [3.05, 3.63) is 12.2 Å². The zero-order valence-corrected chi connectivity index (χ0v) is 12.7. The third kappa shape index (κ3) is 4.96. The minimum Gasteiger partial charge on any atom is -0.481 e. The van der Waals surface area contributed by atoms with Gasteiger partial charge in [0.1, 0.15) is 0 Å². The van der Waals surface area contributed by atoms with E-state index in [1.54, 1.807) is 0 Å². The molecular weight excluding hydrogens is 248 g/mol. The molecule has 0 aliphatic heterocycles. The van der Waals surface area contributed by atoms with Crippen LogP contribution in [0.3, 0.4) is 0 Å². The van der Waals surface area contributed by atoms with E-state index in [1.165, 1.54) is 64.2 Å². The number of fused-ring (bicyclic) bond motifs is 11. The van der Waals surface area contributed by atoms with Crippen LogP contribution in [-0.4, -0.2) is 11.1 Å². The fraction of sp³-hybridized carbons (Fsp3) is 0.833. The van der Waals surface area contributed by atoms with Gasteiger partial charge in [0.15, 0.2) is 0 Å². The molecule has 0 heterocycles. The Bertz CT molecular complexity index is 321. The van der Waals surface area contributed by atoms with Gasteiger partial charge in [-0.2, -0.15) is 0 Å². The highest BCUT2D eigenvalue weighted by Crippen LogP contribution is 2.34. The van der Waals surface area contributed by atoms with Crippen LogP contribution in [0.2, 0.25) is 0 Å². The van der Waals surface area contributed by atoms with Crippen LogP contribution >= 0.6 is 0 Å². The van der Waals surface area contributed by atoms with Gasteiger partial charge in [-0.25, -0.2) is 0 Å². The second kappa shape index (κ2) is 8.49. The number of hydrogen-bond acceptors (Lipinski definition) is 1. The van der Waals surface area contributed by atoms with Crippen molar-refractivity contribution in [2.45, 2.75) is 77.0 Å². The van der Waals surface area contributed by atoms with Gasteiger partial charge in [-0.15, -0.1) is 0 Å². The maximum absolute atomic E-state index is 11.5. The molecule has 114 valence electrons. The lowest BCUT2D eigenvalue weighted by molar-refractivity contribution is -0.144. The Balaban J connectivity index is 1.94. The van der Waals surface area contributed by atoms with Crippen LogP contribution in [0.25, 0.3) is 0 Å². The van der Waals surface area contributed by atoms with E-state index in [0.717, 1.165) is 12.8 Å². The molecule has 20 heavy (non-hydrogen) atoms. The molecule has 3 aliphatic rings. The molecule has 1 saturated carbocycles. The van der Waals surface area contributed by atoms with Crippen molar-refractivity contribution in [1.82, 2.24) is 0 Å². The Morgan fingerprint density at radius 1 is 0.800 bits per heavy atom. The summed E-state index contributed by atoms with van der Waals surface area (Å²) in [6.45, 7) is 0. The molecule has 0 saturated heterocycles. The fourth-order valence-corrected chi connectivity index (χ4v) is 3.83. The van der Waals surface area contributed by atoms with Crippen molar-refractivity contribution in [2.24, 2.45) is 17.8 Å². The van der Waals surface area contributed by atoms with Gasteiger partial charge in [0.2, 0.25) is 0 Å². The highest BCUT2D eigenvalue weighted by molar-refractivity contribution is 5.71. The van der Waals surface area contributed by atoms with E-state index in [2.05, 4.69) is 12.2 Å². The van der Waals surface area contributed by atoms with Gasteiger partial charge >= 0.3 is 5.97 Å². The van der Waals surface area contributed by atoms with Crippen LogP contribution in [0.4, 0.5) is 0 Å². The Hall–Kier alpha value is -0.790. The van der Waals surface area contributed by atoms with Crippen molar-refractivity contribution >= 4 is 5.97 Å². The summed E-state index contributed by atoms with van der Waals surface area (Å²) < 4.78 is 0. The van der Waals surface area contributed by atoms with E-state index >= 15 is 0 Å². The molecule has 2 heteroatoms. The summed E-state index contributed by atoms with van der Waals surface area (Å²) in [5.74, 6) is 0.0927. The third-order valence-corrected chi connectivity index (χ3v) is 5.13. The predicted molar refractivity (Wildman–Crippen MR) is 82.6 cm³/mol. The predicted octanol–water partition coefficient (Wildman–Crippen LogP) is 5.18. The van der Waals surface area contributed by atoms with Crippen molar-refractivity contribution in [3.63, 3.8) is 0 Å². The fourth-order valence-electron chi connectivity index (χ4n) is 3.83. The minimum absolute atomic E-state index is 0.130. The molecule has 0 aromatic rings. The molecule has 0 aromatic heterocycles. The van der Waals surface area contributed by atoms with Gasteiger partial charge in [-0.3, -0.25) is 4.79 Å². The average Bonchev–Trinajstić information content (AvgIpc) is 2.46. The molecule has 0 amide bonds. The molecule has 1 N–H and O–H groups in total. The highest BCUT2D eigenvalue weighted by Gasteiger charge is 2.31. The second-order valence-corrected chi connectivity index (χ2v) is 6.75. The molecule has 2 nitrogen and oxygen atoms in total. The molecule has 3 aliphatic carbocycles. The molecular formula is C18H30O2. The largest absolute Gasteiger partial charge is 0.481 e. The second-order valence-electron chi connectivity index (χ2n) is 6.75. The van der Waals surface area contributed by atoms with E-state index in [9.17, 15) is 9.90 Å². The first-order valence-electron chi connectivity index (χ1n) is 8.68. The van der Waals surface area contributed by atoms with Crippen LogP contribution in [0.5, 0.6) is 0 Å².